The van der Waals surface area contributed by atoms with Gasteiger partial charge >= 0.3 is 0 Å². The lowest BCUT2D eigenvalue weighted by molar-refractivity contribution is 0.443. The molecule has 1 heterocycles. The van der Waals surface area contributed by atoms with Gasteiger partial charge in [0.25, 0.3) is 0 Å². The standard InChI is InChI=1S/C13H24S/c1-12(2,3)10-8-7-9-14-11(10)13(4,5)6/h7-9H2,1-6H3. The first-order valence-electron chi connectivity index (χ1n) is 5.60. The quantitative estimate of drug-likeness (QED) is 0.552. The van der Waals surface area contributed by atoms with Gasteiger partial charge in [0.2, 0.25) is 0 Å². The minimum Gasteiger partial charge on any atom is -0.130 e. The molecule has 0 spiro atoms. The molecule has 1 aliphatic rings. The third kappa shape index (κ3) is 2.79. The van der Waals surface area contributed by atoms with Gasteiger partial charge in [-0.3, -0.25) is 0 Å². The van der Waals surface area contributed by atoms with E-state index in [4.69, 9.17) is 0 Å². The minimum absolute atomic E-state index is 0.341. The summed E-state index contributed by atoms with van der Waals surface area (Å²) in [5.41, 5.74) is 2.39. The van der Waals surface area contributed by atoms with Gasteiger partial charge in [-0.1, -0.05) is 47.1 Å². The Morgan fingerprint density at radius 3 is 1.86 bits per heavy atom. The highest BCUT2D eigenvalue weighted by Gasteiger charge is 2.29. The summed E-state index contributed by atoms with van der Waals surface area (Å²) in [5, 5.41) is 0. The number of allylic oxidation sites excluding steroid dienone is 2. The molecule has 1 aliphatic heterocycles. The van der Waals surface area contributed by atoms with Gasteiger partial charge in [0, 0.05) is 0 Å². The highest BCUT2D eigenvalue weighted by Crippen LogP contribution is 2.47. The largest absolute Gasteiger partial charge is 0.130 e. The van der Waals surface area contributed by atoms with Gasteiger partial charge in [-0.2, -0.15) is 0 Å². The molecule has 0 nitrogen and oxygen atoms in total. The minimum atomic E-state index is 0.341. The maximum Gasteiger partial charge on any atom is -0.00200 e. The molecule has 0 bridgehead atoms. The van der Waals surface area contributed by atoms with Gasteiger partial charge in [0.15, 0.2) is 0 Å². The number of thioether (sulfide) groups is 1. The number of hydrogen-bond acceptors (Lipinski definition) is 1. The lowest BCUT2D eigenvalue weighted by Gasteiger charge is -2.35. The predicted molar refractivity (Wildman–Crippen MR) is 67.6 cm³/mol. The van der Waals surface area contributed by atoms with Crippen molar-refractivity contribution in [3.8, 4) is 0 Å². The Bertz CT molecular complexity index is 209. The number of rotatable bonds is 0. The van der Waals surface area contributed by atoms with Crippen molar-refractivity contribution in [2.45, 2.75) is 54.4 Å². The van der Waals surface area contributed by atoms with Crippen LogP contribution in [0.4, 0.5) is 0 Å². The second kappa shape index (κ2) is 3.92. The van der Waals surface area contributed by atoms with Crippen molar-refractivity contribution in [3.63, 3.8) is 0 Å². The van der Waals surface area contributed by atoms with E-state index in [0.717, 1.165) is 0 Å². The summed E-state index contributed by atoms with van der Waals surface area (Å²) in [4.78, 5) is 1.65. The van der Waals surface area contributed by atoms with Crippen LogP contribution < -0.4 is 0 Å². The topological polar surface area (TPSA) is 0 Å². The Balaban J connectivity index is 3.10. The van der Waals surface area contributed by atoms with E-state index >= 15 is 0 Å². The van der Waals surface area contributed by atoms with Crippen molar-refractivity contribution in [2.75, 3.05) is 5.75 Å². The van der Waals surface area contributed by atoms with E-state index in [1.807, 2.05) is 0 Å². The lowest BCUT2D eigenvalue weighted by atomic mass is 9.79. The smallest absolute Gasteiger partial charge is 0.00200 e. The predicted octanol–water partition coefficient (Wildman–Crippen LogP) is 4.86. The highest BCUT2D eigenvalue weighted by atomic mass is 32.2. The van der Waals surface area contributed by atoms with Crippen LogP contribution in [0.25, 0.3) is 0 Å². The monoisotopic (exact) mass is 212 g/mol. The summed E-state index contributed by atoms with van der Waals surface area (Å²) >= 11 is 2.08. The lowest BCUT2D eigenvalue weighted by Crippen LogP contribution is -2.21. The molecule has 1 rings (SSSR count). The molecule has 0 radical (unpaired) electrons. The van der Waals surface area contributed by atoms with Crippen LogP contribution in [0.3, 0.4) is 0 Å². The van der Waals surface area contributed by atoms with Crippen LogP contribution in [0, 0.1) is 10.8 Å². The first-order valence-corrected chi connectivity index (χ1v) is 6.58. The van der Waals surface area contributed by atoms with Crippen LogP contribution in [0.5, 0.6) is 0 Å². The maximum atomic E-state index is 2.35. The van der Waals surface area contributed by atoms with Crippen molar-refractivity contribution in [2.24, 2.45) is 10.8 Å². The fraction of sp³-hybridized carbons (Fsp3) is 0.846. The Morgan fingerprint density at radius 1 is 0.929 bits per heavy atom. The van der Waals surface area contributed by atoms with E-state index < -0.39 is 0 Å². The van der Waals surface area contributed by atoms with Crippen LogP contribution in [0.1, 0.15) is 54.4 Å². The van der Waals surface area contributed by atoms with Crippen molar-refractivity contribution in [3.05, 3.63) is 10.5 Å². The second-order valence-corrected chi connectivity index (χ2v) is 7.36. The van der Waals surface area contributed by atoms with Crippen molar-refractivity contribution >= 4 is 11.8 Å². The highest BCUT2D eigenvalue weighted by molar-refractivity contribution is 8.03. The third-order valence-corrected chi connectivity index (χ3v) is 4.32. The summed E-state index contributed by atoms with van der Waals surface area (Å²) in [5.74, 6) is 1.31. The van der Waals surface area contributed by atoms with Gasteiger partial charge in [0.05, 0.1) is 0 Å². The van der Waals surface area contributed by atoms with E-state index in [0.29, 0.717) is 10.8 Å². The summed E-state index contributed by atoms with van der Waals surface area (Å²) in [6.07, 6.45) is 2.67. The van der Waals surface area contributed by atoms with Gasteiger partial charge < -0.3 is 0 Å². The van der Waals surface area contributed by atoms with E-state index in [1.54, 1.807) is 10.5 Å². The molecular weight excluding hydrogens is 188 g/mol. The molecule has 0 saturated heterocycles. The maximum absolute atomic E-state index is 2.35. The number of hydrogen-bond donors (Lipinski definition) is 0. The zero-order valence-electron chi connectivity index (χ0n) is 10.5. The molecule has 0 N–H and O–H groups in total. The normalized spacial score (nSPS) is 20.1. The SMILES string of the molecule is CC(C)(C)C1=C(C(C)(C)C)SCCC1. The average molecular weight is 212 g/mol. The molecule has 0 aromatic heterocycles. The molecule has 0 fully saturated rings. The van der Waals surface area contributed by atoms with Gasteiger partial charge in [0.1, 0.15) is 0 Å². The van der Waals surface area contributed by atoms with Crippen molar-refractivity contribution in [1.82, 2.24) is 0 Å². The molecular formula is C13H24S. The Morgan fingerprint density at radius 2 is 1.50 bits per heavy atom. The molecule has 0 atom stereocenters. The molecule has 82 valence electrons. The van der Waals surface area contributed by atoms with Gasteiger partial charge in [-0.15, -0.1) is 11.8 Å². The summed E-state index contributed by atoms with van der Waals surface area (Å²) in [6, 6.07) is 0. The van der Waals surface area contributed by atoms with E-state index in [9.17, 15) is 0 Å². The summed E-state index contributed by atoms with van der Waals surface area (Å²) in [7, 11) is 0. The molecule has 0 aromatic carbocycles. The molecule has 0 aromatic rings. The van der Waals surface area contributed by atoms with Crippen LogP contribution in [0.15, 0.2) is 10.5 Å². The molecule has 0 amide bonds. The van der Waals surface area contributed by atoms with Crippen LogP contribution in [0.2, 0.25) is 0 Å². The Hall–Kier alpha value is 0.0900. The first kappa shape index (κ1) is 12.2. The second-order valence-electron chi connectivity index (χ2n) is 6.26. The molecule has 0 aliphatic carbocycles. The summed E-state index contributed by atoms with van der Waals surface area (Å²) in [6.45, 7) is 14.1. The molecule has 1 heteroatoms. The fourth-order valence-corrected chi connectivity index (χ4v) is 3.52. The van der Waals surface area contributed by atoms with Crippen molar-refractivity contribution in [1.29, 1.82) is 0 Å². The third-order valence-electron chi connectivity index (χ3n) is 2.68. The van der Waals surface area contributed by atoms with E-state index in [2.05, 4.69) is 53.3 Å². The molecule has 0 saturated carbocycles. The zero-order valence-corrected chi connectivity index (χ0v) is 11.3. The average Bonchev–Trinajstić information content (AvgIpc) is 2.01. The summed E-state index contributed by atoms with van der Waals surface area (Å²) < 4.78 is 0. The van der Waals surface area contributed by atoms with Crippen LogP contribution >= 0.6 is 11.8 Å². The van der Waals surface area contributed by atoms with Gasteiger partial charge in [-0.25, -0.2) is 0 Å². The first-order chi connectivity index (χ1) is 6.23. The zero-order chi connectivity index (χ0) is 11.0. The van der Waals surface area contributed by atoms with Crippen LogP contribution in [-0.4, -0.2) is 5.75 Å². The van der Waals surface area contributed by atoms with Crippen molar-refractivity contribution < 1.29 is 0 Å². The van der Waals surface area contributed by atoms with E-state index in [-0.39, 0.29) is 0 Å². The fourth-order valence-electron chi connectivity index (χ4n) is 2.01. The molecule has 14 heavy (non-hydrogen) atoms. The van der Waals surface area contributed by atoms with Gasteiger partial charge in [-0.05, 0) is 34.3 Å². The molecule has 0 unspecified atom stereocenters. The van der Waals surface area contributed by atoms with Crippen LogP contribution in [-0.2, 0) is 0 Å². The Labute approximate surface area is 93.5 Å². The van der Waals surface area contributed by atoms with E-state index in [1.165, 1.54) is 18.6 Å². The Kier molecular flexibility index (Phi) is 3.41.